The Morgan fingerprint density at radius 2 is 2.08 bits per heavy atom. The predicted octanol–water partition coefficient (Wildman–Crippen LogP) is 3.77. The number of carbonyl (C=O) groups is 1. The van der Waals surface area contributed by atoms with Gasteiger partial charge in [-0.2, -0.15) is 13.2 Å². The van der Waals surface area contributed by atoms with Crippen molar-refractivity contribution in [2.75, 3.05) is 13.1 Å². The minimum absolute atomic E-state index is 0.00913. The van der Waals surface area contributed by atoms with Crippen molar-refractivity contribution in [3.63, 3.8) is 0 Å². The first-order valence-electron chi connectivity index (χ1n) is 7.92. The maximum absolute atomic E-state index is 12.5. The number of alkyl halides is 3. The number of aryl methyl sites for hydroxylation is 1. The highest BCUT2D eigenvalue weighted by Gasteiger charge is 2.30. The van der Waals surface area contributed by atoms with Crippen molar-refractivity contribution in [3.8, 4) is 5.19 Å². The van der Waals surface area contributed by atoms with Crippen LogP contribution in [-0.4, -0.2) is 35.0 Å². The minimum Gasteiger partial charge on any atom is -0.465 e. The number of nitrogens with zero attached hydrogens (tertiary/aromatic N) is 2. The largest absolute Gasteiger partial charge is 0.465 e. The Morgan fingerprint density at radius 3 is 2.72 bits per heavy atom. The summed E-state index contributed by atoms with van der Waals surface area (Å²) in [6.45, 7) is 1.15. The third-order valence-electron chi connectivity index (χ3n) is 4.08. The lowest BCUT2D eigenvalue weighted by atomic mass is 10.1. The summed E-state index contributed by atoms with van der Waals surface area (Å²) >= 11 is 1.41. The molecule has 0 radical (unpaired) electrons. The fourth-order valence-corrected chi connectivity index (χ4v) is 3.28. The SMILES string of the molecule is O=C(CCc1ccc(C(F)(F)F)cc1)N1CCC(Oc2nccs2)C1. The van der Waals surface area contributed by atoms with Crippen LogP contribution < -0.4 is 4.74 Å². The maximum atomic E-state index is 12.5. The molecule has 1 saturated heterocycles. The molecule has 0 bridgehead atoms. The predicted molar refractivity (Wildman–Crippen MR) is 87.5 cm³/mol. The molecule has 4 nitrogen and oxygen atoms in total. The van der Waals surface area contributed by atoms with Crippen LogP contribution in [0.3, 0.4) is 0 Å². The van der Waals surface area contributed by atoms with Gasteiger partial charge in [0.25, 0.3) is 5.19 Å². The molecule has 25 heavy (non-hydrogen) atoms. The Morgan fingerprint density at radius 1 is 1.32 bits per heavy atom. The number of rotatable bonds is 5. The molecule has 1 atom stereocenters. The molecule has 1 aliphatic rings. The van der Waals surface area contributed by atoms with Gasteiger partial charge in [-0.25, -0.2) is 4.98 Å². The van der Waals surface area contributed by atoms with Crippen LogP contribution in [0.4, 0.5) is 13.2 Å². The summed E-state index contributed by atoms with van der Waals surface area (Å²) in [7, 11) is 0. The molecule has 1 aliphatic heterocycles. The summed E-state index contributed by atoms with van der Waals surface area (Å²) in [5.41, 5.74) is 0.0421. The first-order chi connectivity index (χ1) is 11.9. The van der Waals surface area contributed by atoms with Gasteiger partial charge in [-0.15, -0.1) is 0 Å². The molecule has 1 amide bonds. The number of thiazole rings is 1. The maximum Gasteiger partial charge on any atom is 0.416 e. The van der Waals surface area contributed by atoms with Crippen LogP contribution in [0.15, 0.2) is 35.8 Å². The van der Waals surface area contributed by atoms with Gasteiger partial charge in [0.15, 0.2) is 0 Å². The van der Waals surface area contributed by atoms with Crippen molar-refractivity contribution < 1.29 is 22.7 Å². The van der Waals surface area contributed by atoms with Crippen LogP contribution in [0.2, 0.25) is 0 Å². The lowest BCUT2D eigenvalue weighted by Crippen LogP contribution is -2.31. The van der Waals surface area contributed by atoms with Crippen molar-refractivity contribution in [3.05, 3.63) is 47.0 Å². The zero-order valence-electron chi connectivity index (χ0n) is 13.3. The highest BCUT2D eigenvalue weighted by Crippen LogP contribution is 2.29. The van der Waals surface area contributed by atoms with Gasteiger partial charge in [0.2, 0.25) is 5.91 Å². The summed E-state index contributed by atoms with van der Waals surface area (Å²) in [4.78, 5) is 18.1. The van der Waals surface area contributed by atoms with Gasteiger partial charge in [0.1, 0.15) is 6.10 Å². The number of ether oxygens (including phenoxy) is 1. The summed E-state index contributed by atoms with van der Waals surface area (Å²) in [5.74, 6) is -0.00913. The second-order valence-electron chi connectivity index (χ2n) is 5.86. The van der Waals surface area contributed by atoms with Crippen molar-refractivity contribution in [2.24, 2.45) is 0 Å². The third kappa shape index (κ3) is 4.72. The molecule has 2 heterocycles. The molecule has 0 N–H and O–H groups in total. The average Bonchev–Trinajstić information content (AvgIpc) is 3.24. The number of carbonyl (C=O) groups excluding carboxylic acids is 1. The Kier molecular flexibility index (Phi) is 5.27. The second kappa shape index (κ2) is 7.43. The molecule has 1 fully saturated rings. The monoisotopic (exact) mass is 370 g/mol. The van der Waals surface area contributed by atoms with Crippen LogP contribution in [0.25, 0.3) is 0 Å². The van der Waals surface area contributed by atoms with E-state index < -0.39 is 11.7 Å². The molecular weight excluding hydrogens is 353 g/mol. The van der Waals surface area contributed by atoms with E-state index in [1.54, 1.807) is 11.1 Å². The highest BCUT2D eigenvalue weighted by molar-refractivity contribution is 7.11. The van der Waals surface area contributed by atoms with E-state index in [4.69, 9.17) is 4.74 Å². The van der Waals surface area contributed by atoms with Crippen LogP contribution in [-0.2, 0) is 17.4 Å². The van der Waals surface area contributed by atoms with E-state index in [2.05, 4.69) is 4.98 Å². The lowest BCUT2D eigenvalue weighted by molar-refractivity contribution is -0.137. The molecular formula is C17H17F3N2O2S. The Hall–Kier alpha value is -2.09. The Balaban J connectivity index is 1.46. The second-order valence-corrected chi connectivity index (χ2v) is 6.72. The lowest BCUT2D eigenvalue weighted by Gasteiger charge is -2.16. The van der Waals surface area contributed by atoms with Crippen molar-refractivity contribution in [1.29, 1.82) is 0 Å². The fourth-order valence-electron chi connectivity index (χ4n) is 2.73. The van der Waals surface area contributed by atoms with E-state index in [-0.39, 0.29) is 18.4 Å². The first kappa shape index (κ1) is 17.7. The highest BCUT2D eigenvalue weighted by atomic mass is 32.1. The number of likely N-dealkylation sites (tertiary alicyclic amines) is 1. The topological polar surface area (TPSA) is 42.4 Å². The average molecular weight is 370 g/mol. The summed E-state index contributed by atoms with van der Waals surface area (Å²) in [6, 6.07) is 4.95. The van der Waals surface area contributed by atoms with E-state index in [9.17, 15) is 18.0 Å². The number of amides is 1. The number of hydrogen-bond acceptors (Lipinski definition) is 4. The zero-order chi connectivity index (χ0) is 17.9. The van der Waals surface area contributed by atoms with E-state index in [1.807, 2.05) is 5.38 Å². The molecule has 134 valence electrons. The van der Waals surface area contributed by atoms with Crippen LogP contribution in [0, 0.1) is 0 Å². The zero-order valence-corrected chi connectivity index (χ0v) is 14.1. The van der Waals surface area contributed by atoms with E-state index >= 15 is 0 Å². The normalized spacial score (nSPS) is 17.7. The van der Waals surface area contributed by atoms with Gasteiger partial charge in [0, 0.05) is 31.0 Å². The van der Waals surface area contributed by atoms with Gasteiger partial charge in [-0.1, -0.05) is 23.5 Å². The van der Waals surface area contributed by atoms with E-state index in [1.165, 1.54) is 23.5 Å². The van der Waals surface area contributed by atoms with Crippen molar-refractivity contribution in [2.45, 2.75) is 31.5 Å². The van der Waals surface area contributed by atoms with Crippen LogP contribution >= 0.6 is 11.3 Å². The molecule has 0 saturated carbocycles. The molecule has 1 aromatic heterocycles. The van der Waals surface area contributed by atoms with Crippen molar-refractivity contribution >= 4 is 17.2 Å². The number of halogens is 3. The molecule has 0 spiro atoms. The van der Waals surface area contributed by atoms with Crippen molar-refractivity contribution in [1.82, 2.24) is 9.88 Å². The van der Waals surface area contributed by atoms with Crippen LogP contribution in [0.5, 0.6) is 5.19 Å². The molecule has 0 aliphatic carbocycles. The molecule has 1 unspecified atom stereocenters. The first-order valence-corrected chi connectivity index (χ1v) is 8.80. The minimum atomic E-state index is -4.34. The smallest absolute Gasteiger partial charge is 0.416 e. The van der Waals surface area contributed by atoms with Crippen LogP contribution in [0.1, 0.15) is 24.0 Å². The standard InChI is InChI=1S/C17H17F3N2O2S/c18-17(19,20)13-4-1-12(2-5-13)3-6-15(23)22-9-7-14(11-22)24-16-21-8-10-25-16/h1-2,4-5,8,10,14H,3,6-7,9,11H2. The van der Waals surface area contributed by atoms with Gasteiger partial charge < -0.3 is 9.64 Å². The number of benzene rings is 1. The quantitative estimate of drug-likeness (QED) is 0.805. The van der Waals surface area contributed by atoms with E-state index in [0.29, 0.717) is 24.7 Å². The summed E-state index contributed by atoms with van der Waals surface area (Å²) < 4.78 is 43.3. The Bertz CT molecular complexity index is 702. The molecule has 1 aromatic carbocycles. The summed E-state index contributed by atoms with van der Waals surface area (Å²) in [5, 5.41) is 2.43. The third-order valence-corrected chi connectivity index (χ3v) is 4.74. The number of hydrogen-bond donors (Lipinski definition) is 0. The van der Waals surface area contributed by atoms with Gasteiger partial charge in [-0.05, 0) is 24.1 Å². The summed E-state index contributed by atoms with van der Waals surface area (Å²) in [6.07, 6.45) is -1.27. The molecule has 3 rings (SSSR count). The van der Waals surface area contributed by atoms with Gasteiger partial charge in [0.05, 0.1) is 12.1 Å². The molecule has 8 heteroatoms. The molecule has 2 aromatic rings. The fraction of sp³-hybridized carbons (Fsp3) is 0.412. The number of aromatic nitrogens is 1. The Labute approximate surface area is 147 Å². The van der Waals surface area contributed by atoms with Gasteiger partial charge >= 0.3 is 6.18 Å². The van der Waals surface area contributed by atoms with E-state index in [0.717, 1.165) is 24.1 Å². The van der Waals surface area contributed by atoms with Gasteiger partial charge in [-0.3, -0.25) is 4.79 Å².